The lowest BCUT2D eigenvalue weighted by molar-refractivity contribution is -0.139. The molecule has 0 spiro atoms. The fraction of sp³-hybridized carbons (Fsp3) is 0.273. The Labute approximate surface area is 173 Å². The Hall–Kier alpha value is -3.23. The van der Waals surface area contributed by atoms with E-state index in [2.05, 4.69) is 5.32 Å². The van der Waals surface area contributed by atoms with Gasteiger partial charge in [0.1, 0.15) is 17.3 Å². The molecule has 1 amide bonds. The number of methoxy groups -OCH3 is 1. The molecule has 8 heteroatoms. The van der Waals surface area contributed by atoms with Gasteiger partial charge in [-0.15, -0.1) is 0 Å². The summed E-state index contributed by atoms with van der Waals surface area (Å²) in [5.74, 6) is -1.77. The van der Waals surface area contributed by atoms with Crippen molar-refractivity contribution in [2.24, 2.45) is 0 Å². The van der Waals surface area contributed by atoms with Gasteiger partial charge in [-0.3, -0.25) is 9.59 Å². The van der Waals surface area contributed by atoms with E-state index in [4.69, 9.17) is 9.84 Å². The minimum absolute atomic E-state index is 0.0503. The van der Waals surface area contributed by atoms with Crippen LogP contribution < -0.4 is 10.1 Å². The molecule has 1 aliphatic rings. The first kappa shape index (κ1) is 21.5. The number of nitrogens with zero attached hydrogens (tertiary/aromatic N) is 1. The van der Waals surface area contributed by atoms with Gasteiger partial charge >= 0.3 is 0 Å². The molecule has 158 valence electrons. The molecule has 1 heterocycles. The largest absolute Gasteiger partial charge is 0.507 e. The lowest BCUT2D eigenvalue weighted by Crippen LogP contribution is -2.36. The number of halogens is 1. The first-order chi connectivity index (χ1) is 14.5. The average Bonchev–Trinajstić information content (AvgIpc) is 3.01. The number of ketones is 1. The van der Waals surface area contributed by atoms with Crippen molar-refractivity contribution in [1.29, 1.82) is 0 Å². The summed E-state index contributed by atoms with van der Waals surface area (Å²) in [5.41, 5.74) is 0.811. The van der Waals surface area contributed by atoms with Crippen molar-refractivity contribution in [2.75, 3.05) is 33.4 Å². The summed E-state index contributed by atoms with van der Waals surface area (Å²) in [7, 11) is 1.53. The second kappa shape index (κ2) is 9.51. The zero-order valence-electron chi connectivity index (χ0n) is 16.5. The van der Waals surface area contributed by atoms with Gasteiger partial charge in [0.15, 0.2) is 0 Å². The second-order valence-electron chi connectivity index (χ2n) is 6.75. The molecule has 3 rings (SSSR count). The number of likely N-dealkylation sites (tertiary alicyclic amines) is 1. The number of rotatable bonds is 8. The number of aliphatic hydroxyl groups is 2. The number of carbonyl (C=O) groups excluding carboxylic acids is 2. The molecule has 1 aliphatic heterocycles. The number of hydrogen-bond donors (Lipinski definition) is 3. The number of benzene rings is 2. The summed E-state index contributed by atoms with van der Waals surface area (Å²) in [6.07, 6.45) is 0. The van der Waals surface area contributed by atoms with Crippen molar-refractivity contribution < 1.29 is 28.9 Å². The highest BCUT2D eigenvalue weighted by atomic mass is 19.1. The predicted molar refractivity (Wildman–Crippen MR) is 108 cm³/mol. The molecule has 1 atom stereocenters. The van der Waals surface area contributed by atoms with Gasteiger partial charge in [0, 0.05) is 25.2 Å². The standard InChI is InChI=1S/C22H23FN2O5/c1-30-17-8-4-14(5-9-17)19-18(20(27)15-2-6-16(23)7-3-15)21(28)22(29)25(19)12-10-24-11-13-26/h2-9,19,24,26-27H,10-13H2,1H3/t19-/m1/s1. The Morgan fingerprint density at radius 1 is 1.10 bits per heavy atom. The van der Waals surface area contributed by atoms with E-state index in [0.717, 1.165) is 0 Å². The number of ether oxygens (including phenoxy) is 1. The normalized spacial score (nSPS) is 18.1. The molecular formula is C22H23FN2O5. The van der Waals surface area contributed by atoms with Crippen LogP contribution in [0.5, 0.6) is 5.75 Å². The summed E-state index contributed by atoms with van der Waals surface area (Å²) in [5, 5.41) is 22.7. The Balaban J connectivity index is 2.05. The number of amides is 1. The van der Waals surface area contributed by atoms with E-state index in [1.54, 1.807) is 24.3 Å². The molecule has 1 saturated heterocycles. The maximum atomic E-state index is 13.3. The number of carbonyl (C=O) groups is 2. The lowest BCUT2D eigenvalue weighted by Gasteiger charge is -2.25. The van der Waals surface area contributed by atoms with Crippen LogP contribution in [-0.2, 0) is 9.59 Å². The van der Waals surface area contributed by atoms with Gasteiger partial charge in [-0.1, -0.05) is 12.1 Å². The molecule has 0 radical (unpaired) electrons. The average molecular weight is 414 g/mol. The first-order valence-electron chi connectivity index (χ1n) is 9.47. The molecule has 30 heavy (non-hydrogen) atoms. The SMILES string of the molecule is COc1ccc([C@@H]2C(=C(O)c3ccc(F)cc3)C(=O)C(=O)N2CCNCCO)cc1. The number of aliphatic hydroxyl groups excluding tert-OH is 2. The van der Waals surface area contributed by atoms with Crippen molar-refractivity contribution in [3.63, 3.8) is 0 Å². The highest BCUT2D eigenvalue weighted by Crippen LogP contribution is 2.39. The Morgan fingerprint density at radius 3 is 2.37 bits per heavy atom. The molecule has 2 aromatic carbocycles. The molecule has 0 unspecified atom stereocenters. The highest BCUT2D eigenvalue weighted by Gasteiger charge is 2.45. The minimum atomic E-state index is -0.808. The second-order valence-corrected chi connectivity index (χ2v) is 6.75. The van der Waals surface area contributed by atoms with Crippen molar-refractivity contribution in [3.8, 4) is 5.75 Å². The van der Waals surface area contributed by atoms with Crippen LogP contribution in [0.2, 0.25) is 0 Å². The summed E-state index contributed by atoms with van der Waals surface area (Å²) < 4.78 is 18.4. The van der Waals surface area contributed by atoms with E-state index in [0.29, 0.717) is 24.4 Å². The van der Waals surface area contributed by atoms with Gasteiger partial charge in [-0.25, -0.2) is 4.39 Å². The molecule has 0 bridgehead atoms. The monoisotopic (exact) mass is 414 g/mol. The summed E-state index contributed by atoms with van der Waals surface area (Å²) >= 11 is 0. The van der Waals surface area contributed by atoms with Gasteiger partial charge in [-0.2, -0.15) is 0 Å². The molecule has 2 aromatic rings. The van der Waals surface area contributed by atoms with Gasteiger partial charge in [0.25, 0.3) is 11.7 Å². The van der Waals surface area contributed by atoms with Crippen LogP contribution in [0.4, 0.5) is 4.39 Å². The van der Waals surface area contributed by atoms with Crippen LogP contribution in [0, 0.1) is 5.82 Å². The topological polar surface area (TPSA) is 99.1 Å². The maximum absolute atomic E-state index is 13.3. The van der Waals surface area contributed by atoms with Crippen LogP contribution in [-0.4, -0.2) is 60.2 Å². The summed E-state index contributed by atoms with van der Waals surface area (Å²) in [6.45, 7) is 0.857. The molecule has 0 aromatic heterocycles. The van der Waals surface area contributed by atoms with Crippen LogP contribution in [0.15, 0.2) is 54.1 Å². The van der Waals surface area contributed by atoms with E-state index in [9.17, 15) is 19.1 Å². The van der Waals surface area contributed by atoms with Crippen LogP contribution in [0.1, 0.15) is 17.2 Å². The maximum Gasteiger partial charge on any atom is 0.295 e. The third kappa shape index (κ3) is 4.34. The van der Waals surface area contributed by atoms with E-state index >= 15 is 0 Å². The molecule has 0 aliphatic carbocycles. The molecule has 7 nitrogen and oxygen atoms in total. The Morgan fingerprint density at radius 2 is 1.77 bits per heavy atom. The third-order valence-corrected chi connectivity index (χ3v) is 4.91. The highest BCUT2D eigenvalue weighted by molar-refractivity contribution is 6.46. The Bertz CT molecular complexity index is 941. The van der Waals surface area contributed by atoms with Crippen molar-refractivity contribution in [3.05, 3.63) is 71.0 Å². The van der Waals surface area contributed by atoms with Crippen LogP contribution in [0.25, 0.3) is 5.76 Å². The summed E-state index contributed by atoms with van der Waals surface area (Å²) in [4.78, 5) is 26.9. The smallest absolute Gasteiger partial charge is 0.295 e. The zero-order valence-corrected chi connectivity index (χ0v) is 16.5. The number of nitrogens with one attached hydrogen (secondary N) is 1. The molecule has 3 N–H and O–H groups in total. The van der Waals surface area contributed by atoms with Gasteiger partial charge < -0.3 is 25.2 Å². The molecule has 1 fully saturated rings. The Kier molecular flexibility index (Phi) is 6.81. The molecular weight excluding hydrogens is 391 g/mol. The van der Waals surface area contributed by atoms with Crippen molar-refractivity contribution in [2.45, 2.75) is 6.04 Å². The molecule has 0 saturated carbocycles. The van der Waals surface area contributed by atoms with E-state index in [1.807, 2.05) is 0 Å². The number of hydrogen-bond acceptors (Lipinski definition) is 6. The predicted octanol–water partition coefficient (Wildman–Crippen LogP) is 1.84. The third-order valence-electron chi connectivity index (χ3n) is 4.91. The fourth-order valence-electron chi connectivity index (χ4n) is 3.41. The quantitative estimate of drug-likeness (QED) is 0.264. The van der Waals surface area contributed by atoms with Crippen molar-refractivity contribution >= 4 is 17.4 Å². The van der Waals surface area contributed by atoms with Gasteiger partial charge in [0.2, 0.25) is 0 Å². The minimum Gasteiger partial charge on any atom is -0.507 e. The van der Waals surface area contributed by atoms with Gasteiger partial charge in [0.05, 0.1) is 25.3 Å². The van der Waals surface area contributed by atoms with Crippen molar-refractivity contribution in [1.82, 2.24) is 10.2 Å². The summed E-state index contributed by atoms with van der Waals surface area (Å²) in [6, 6.07) is 11.1. The van der Waals surface area contributed by atoms with Crippen LogP contribution in [0.3, 0.4) is 0 Å². The zero-order chi connectivity index (χ0) is 21.7. The van der Waals surface area contributed by atoms with E-state index in [1.165, 1.54) is 36.3 Å². The lowest BCUT2D eigenvalue weighted by atomic mass is 9.95. The van der Waals surface area contributed by atoms with E-state index in [-0.39, 0.29) is 30.0 Å². The fourth-order valence-corrected chi connectivity index (χ4v) is 3.41. The van der Waals surface area contributed by atoms with Crippen LogP contribution >= 0.6 is 0 Å². The van der Waals surface area contributed by atoms with E-state index < -0.39 is 23.5 Å². The van der Waals surface area contributed by atoms with Gasteiger partial charge in [-0.05, 0) is 42.0 Å². The number of Topliss-reactive ketones (excluding diaryl/α,β-unsaturated/α-hetero) is 1. The first-order valence-corrected chi connectivity index (χ1v) is 9.47.